The van der Waals surface area contributed by atoms with E-state index in [1.807, 2.05) is 18.5 Å². The molecular weight excluding hydrogens is 453 g/mol. The molecule has 0 spiro atoms. The number of likely N-dealkylation sites (tertiary alicyclic amines) is 1. The Morgan fingerprint density at radius 1 is 1.26 bits per heavy atom. The Morgan fingerprint density at radius 2 is 2.00 bits per heavy atom. The lowest BCUT2D eigenvalue weighted by atomic mass is 10.2. The molecule has 148 valence electrons. The molecule has 0 aliphatic carbocycles. The molecule has 0 amide bonds. The molecule has 3 rings (SSSR count). The van der Waals surface area contributed by atoms with Crippen molar-refractivity contribution in [2.75, 3.05) is 13.6 Å². The normalized spacial score (nSPS) is 20.4. The van der Waals surface area contributed by atoms with E-state index in [9.17, 15) is 0 Å². The van der Waals surface area contributed by atoms with E-state index < -0.39 is 0 Å². The maximum Gasteiger partial charge on any atom is 0.191 e. The number of aliphatic imine (C=N–C) groups is 1. The lowest BCUT2D eigenvalue weighted by Crippen LogP contribution is -2.44. The first-order chi connectivity index (χ1) is 12.6. The van der Waals surface area contributed by atoms with Crippen LogP contribution in [0.1, 0.15) is 30.6 Å². The molecule has 2 unspecified atom stereocenters. The van der Waals surface area contributed by atoms with Crippen LogP contribution in [0.4, 0.5) is 0 Å². The highest BCUT2D eigenvalue weighted by Crippen LogP contribution is 2.20. The number of halogens is 1. The molecule has 0 bridgehead atoms. The highest BCUT2D eigenvalue weighted by atomic mass is 127. The molecule has 1 aromatic carbocycles. The highest BCUT2D eigenvalue weighted by Gasteiger charge is 2.29. The Kier molecular flexibility index (Phi) is 8.03. The van der Waals surface area contributed by atoms with Crippen LogP contribution in [-0.2, 0) is 20.1 Å². The molecule has 1 aliphatic heterocycles. The van der Waals surface area contributed by atoms with Crippen molar-refractivity contribution in [3.63, 3.8) is 0 Å². The Bertz CT molecular complexity index is 744. The van der Waals surface area contributed by atoms with Gasteiger partial charge in [-0.3, -0.25) is 9.89 Å². The smallest absolute Gasteiger partial charge is 0.191 e. The predicted molar refractivity (Wildman–Crippen MR) is 119 cm³/mol. The fourth-order valence-electron chi connectivity index (χ4n) is 3.40. The maximum absolute atomic E-state index is 4.36. The molecule has 2 aromatic rings. The lowest BCUT2D eigenvalue weighted by Gasteiger charge is -2.21. The third-order valence-electron chi connectivity index (χ3n) is 5.09. The van der Waals surface area contributed by atoms with Gasteiger partial charge in [-0.1, -0.05) is 30.3 Å². The van der Waals surface area contributed by atoms with E-state index in [-0.39, 0.29) is 24.0 Å². The van der Waals surface area contributed by atoms with Gasteiger partial charge in [0.05, 0.1) is 6.54 Å². The fourth-order valence-corrected chi connectivity index (χ4v) is 3.40. The van der Waals surface area contributed by atoms with E-state index in [4.69, 9.17) is 0 Å². The van der Waals surface area contributed by atoms with E-state index >= 15 is 0 Å². The second kappa shape index (κ2) is 10.0. The van der Waals surface area contributed by atoms with Gasteiger partial charge >= 0.3 is 0 Å². The van der Waals surface area contributed by atoms with Crippen LogP contribution in [0.25, 0.3) is 0 Å². The Balaban J connectivity index is 0.00000261. The summed E-state index contributed by atoms with van der Waals surface area (Å²) in [6.45, 7) is 6.85. The third kappa shape index (κ3) is 5.65. The van der Waals surface area contributed by atoms with Crippen molar-refractivity contribution >= 4 is 29.9 Å². The molecule has 1 aliphatic rings. The van der Waals surface area contributed by atoms with Gasteiger partial charge in [0, 0.05) is 39.3 Å². The minimum Gasteiger partial charge on any atom is -0.352 e. The molecule has 27 heavy (non-hydrogen) atoms. The number of hydrogen-bond donors (Lipinski definition) is 2. The van der Waals surface area contributed by atoms with Gasteiger partial charge in [0.15, 0.2) is 11.8 Å². The van der Waals surface area contributed by atoms with Gasteiger partial charge in [-0.15, -0.1) is 34.2 Å². The van der Waals surface area contributed by atoms with Gasteiger partial charge in [0.25, 0.3) is 0 Å². The van der Waals surface area contributed by atoms with E-state index in [0.717, 1.165) is 37.1 Å². The van der Waals surface area contributed by atoms with Crippen LogP contribution in [0.15, 0.2) is 35.3 Å². The largest absolute Gasteiger partial charge is 0.352 e. The number of rotatable bonds is 5. The molecule has 1 aromatic heterocycles. The molecule has 2 atom stereocenters. The average molecular weight is 483 g/mol. The van der Waals surface area contributed by atoms with Crippen LogP contribution < -0.4 is 10.6 Å². The molecular formula is C19H30IN7. The van der Waals surface area contributed by atoms with Gasteiger partial charge < -0.3 is 15.2 Å². The summed E-state index contributed by atoms with van der Waals surface area (Å²) in [7, 11) is 3.78. The van der Waals surface area contributed by atoms with Crippen molar-refractivity contribution in [2.24, 2.45) is 12.0 Å². The van der Waals surface area contributed by atoms with Crippen molar-refractivity contribution < 1.29 is 0 Å². The molecule has 7 nitrogen and oxygen atoms in total. The van der Waals surface area contributed by atoms with E-state index in [1.54, 1.807) is 7.05 Å². The maximum atomic E-state index is 4.36. The first kappa shape index (κ1) is 21.6. The summed E-state index contributed by atoms with van der Waals surface area (Å²) in [6, 6.07) is 11.6. The molecule has 2 heterocycles. The topological polar surface area (TPSA) is 70.4 Å². The van der Waals surface area contributed by atoms with Gasteiger partial charge in [-0.25, -0.2) is 0 Å². The van der Waals surface area contributed by atoms with Gasteiger partial charge in [-0.2, -0.15) is 0 Å². The molecule has 1 fully saturated rings. The number of hydrogen-bond acceptors (Lipinski definition) is 4. The number of guanidine groups is 1. The summed E-state index contributed by atoms with van der Waals surface area (Å²) in [4.78, 5) is 6.88. The zero-order valence-electron chi connectivity index (χ0n) is 16.5. The average Bonchev–Trinajstić information content (AvgIpc) is 3.15. The molecule has 0 saturated carbocycles. The summed E-state index contributed by atoms with van der Waals surface area (Å²) < 4.78 is 1.99. The quantitative estimate of drug-likeness (QED) is 0.387. The first-order valence-corrected chi connectivity index (χ1v) is 9.17. The molecule has 2 N–H and O–H groups in total. The SMILES string of the molecule is CN=C(NCc1nnc(C)n1C)NC1CC(C)N(Cc2ccccc2)C1.I. The number of benzene rings is 1. The van der Waals surface area contributed by atoms with Crippen LogP contribution >= 0.6 is 24.0 Å². The minimum atomic E-state index is 0. The summed E-state index contributed by atoms with van der Waals surface area (Å²) in [6.07, 6.45) is 1.11. The highest BCUT2D eigenvalue weighted by molar-refractivity contribution is 14.0. The summed E-state index contributed by atoms with van der Waals surface area (Å²) in [5.41, 5.74) is 1.36. The number of nitrogens with one attached hydrogen (secondary N) is 2. The van der Waals surface area contributed by atoms with Crippen molar-refractivity contribution in [1.82, 2.24) is 30.3 Å². The molecule has 1 saturated heterocycles. The minimum absolute atomic E-state index is 0. The van der Waals surface area contributed by atoms with Crippen LogP contribution in [0.5, 0.6) is 0 Å². The Hall–Kier alpha value is -1.68. The Morgan fingerprint density at radius 3 is 2.63 bits per heavy atom. The zero-order valence-corrected chi connectivity index (χ0v) is 18.8. The number of aromatic nitrogens is 3. The fraction of sp³-hybridized carbons (Fsp3) is 0.526. The summed E-state index contributed by atoms with van der Waals surface area (Å²) >= 11 is 0. The third-order valence-corrected chi connectivity index (χ3v) is 5.09. The first-order valence-electron chi connectivity index (χ1n) is 9.17. The lowest BCUT2D eigenvalue weighted by molar-refractivity contribution is 0.258. The van der Waals surface area contributed by atoms with Gasteiger partial charge in [-0.05, 0) is 25.8 Å². The standard InChI is InChI=1S/C19H29N7.HI/c1-14-10-17(13-26(14)12-16-8-6-5-7-9-16)22-19(20-3)21-11-18-24-23-15(2)25(18)4;/h5-9,14,17H,10-13H2,1-4H3,(H2,20,21,22);1H. The molecule has 8 heteroatoms. The van der Waals surface area contributed by atoms with Crippen LogP contribution in [0.3, 0.4) is 0 Å². The van der Waals surface area contributed by atoms with Crippen LogP contribution in [-0.4, -0.2) is 51.3 Å². The monoisotopic (exact) mass is 483 g/mol. The van der Waals surface area contributed by atoms with Crippen LogP contribution in [0.2, 0.25) is 0 Å². The number of nitrogens with zero attached hydrogens (tertiary/aromatic N) is 5. The molecule has 0 radical (unpaired) electrons. The van der Waals surface area contributed by atoms with Crippen molar-refractivity contribution in [3.8, 4) is 0 Å². The predicted octanol–water partition coefficient (Wildman–Crippen LogP) is 2.07. The van der Waals surface area contributed by atoms with Gasteiger partial charge in [0.2, 0.25) is 0 Å². The second-order valence-electron chi connectivity index (χ2n) is 6.99. The number of aryl methyl sites for hydroxylation is 1. The van der Waals surface area contributed by atoms with Crippen molar-refractivity contribution in [3.05, 3.63) is 47.5 Å². The van der Waals surface area contributed by atoms with Crippen LogP contribution in [0, 0.1) is 6.92 Å². The Labute approximate surface area is 178 Å². The van der Waals surface area contributed by atoms with E-state index in [2.05, 4.69) is 68.0 Å². The second-order valence-corrected chi connectivity index (χ2v) is 6.99. The van der Waals surface area contributed by atoms with Crippen molar-refractivity contribution in [2.45, 2.75) is 45.4 Å². The van der Waals surface area contributed by atoms with E-state index in [0.29, 0.717) is 18.6 Å². The van der Waals surface area contributed by atoms with Gasteiger partial charge in [0.1, 0.15) is 5.82 Å². The van der Waals surface area contributed by atoms with E-state index in [1.165, 1.54) is 5.56 Å². The summed E-state index contributed by atoms with van der Waals surface area (Å²) in [5.74, 6) is 2.62. The summed E-state index contributed by atoms with van der Waals surface area (Å²) in [5, 5.41) is 15.2. The zero-order chi connectivity index (χ0) is 18.5. The van der Waals surface area contributed by atoms with Crippen molar-refractivity contribution in [1.29, 1.82) is 0 Å².